The molecule has 14 atom stereocenters. The maximum atomic E-state index is 14.0. The van der Waals surface area contributed by atoms with Gasteiger partial charge in [0.05, 0.1) is 28.5 Å². The highest BCUT2D eigenvalue weighted by Gasteiger charge is 2.85. The normalized spacial score (nSPS) is 49.1. The summed E-state index contributed by atoms with van der Waals surface area (Å²) < 4.78 is 18.8. The van der Waals surface area contributed by atoms with Crippen molar-refractivity contribution in [2.45, 2.75) is 151 Å². The smallest absolute Gasteiger partial charge is 0.316 e. The van der Waals surface area contributed by atoms with E-state index in [1.807, 2.05) is 27.7 Å². The Morgan fingerprint density at radius 3 is 2.65 bits per heavy atom. The van der Waals surface area contributed by atoms with Crippen LogP contribution in [0, 0.1) is 28.6 Å². The van der Waals surface area contributed by atoms with Crippen LogP contribution in [-0.2, 0) is 23.8 Å². The average molecular weight is 727 g/mol. The van der Waals surface area contributed by atoms with Crippen molar-refractivity contribution in [2.75, 3.05) is 5.75 Å². The van der Waals surface area contributed by atoms with E-state index in [1.165, 1.54) is 6.08 Å². The van der Waals surface area contributed by atoms with Gasteiger partial charge in [0.1, 0.15) is 28.7 Å². The lowest BCUT2D eigenvalue weighted by atomic mass is 9.42. The Balaban J connectivity index is 0.969. The van der Waals surface area contributed by atoms with Crippen molar-refractivity contribution in [3.05, 3.63) is 35.6 Å². The van der Waals surface area contributed by atoms with Crippen LogP contribution in [0.3, 0.4) is 0 Å². The van der Waals surface area contributed by atoms with Gasteiger partial charge in [-0.15, -0.1) is 11.8 Å². The molecule has 4 aliphatic heterocycles. The zero-order valence-corrected chi connectivity index (χ0v) is 31.3. The van der Waals surface area contributed by atoms with Gasteiger partial charge in [-0.1, -0.05) is 25.5 Å². The largest absolute Gasteiger partial charge is 0.487 e. The highest BCUT2D eigenvalue weighted by Crippen LogP contribution is 2.75. The van der Waals surface area contributed by atoms with E-state index in [4.69, 9.17) is 14.2 Å². The topological polar surface area (TPSA) is 167 Å². The van der Waals surface area contributed by atoms with E-state index in [0.717, 1.165) is 29.7 Å². The first-order chi connectivity index (χ1) is 23.9. The Hall–Kier alpha value is -2.38. The zero-order valence-electron chi connectivity index (χ0n) is 30.5. The molecule has 3 saturated heterocycles. The minimum absolute atomic E-state index is 0.0903. The minimum atomic E-state index is -1.70. The summed E-state index contributed by atoms with van der Waals surface area (Å²) in [6, 6.07) is 0.0225. The molecule has 51 heavy (non-hydrogen) atoms. The van der Waals surface area contributed by atoms with Crippen molar-refractivity contribution < 1.29 is 43.9 Å². The van der Waals surface area contributed by atoms with E-state index in [0.29, 0.717) is 43.8 Å². The molecule has 3 saturated carbocycles. The van der Waals surface area contributed by atoms with Crippen molar-refractivity contribution in [1.29, 1.82) is 0 Å². The van der Waals surface area contributed by atoms with E-state index >= 15 is 0 Å². The molecule has 8 aliphatic rings. The Labute approximate surface area is 304 Å². The highest BCUT2D eigenvalue weighted by atomic mass is 32.2. The molecule has 5 N–H and O–H groups in total. The van der Waals surface area contributed by atoms with Gasteiger partial charge in [-0.3, -0.25) is 9.59 Å². The molecule has 0 aromatic rings. The molecule has 0 radical (unpaired) electrons. The van der Waals surface area contributed by atoms with Crippen LogP contribution in [0.15, 0.2) is 35.6 Å². The quantitative estimate of drug-likeness (QED) is 0.139. The fraction of sp³-hybridized carbons (Fsp3) is 0.769. The molecule has 0 bridgehead atoms. The number of hydrogen-bond donors (Lipinski definition) is 5. The number of unbranched alkanes of at least 4 members (excludes halogenated alkanes) is 1. The van der Waals surface area contributed by atoms with Gasteiger partial charge in [-0.05, 0) is 108 Å². The molecular formula is C39H54N2O9S. The third kappa shape index (κ3) is 4.61. The molecule has 0 aromatic carbocycles. The van der Waals surface area contributed by atoms with E-state index in [2.05, 4.69) is 17.2 Å². The van der Waals surface area contributed by atoms with Crippen molar-refractivity contribution in [1.82, 2.24) is 10.6 Å². The summed E-state index contributed by atoms with van der Waals surface area (Å²) in [6.07, 6.45) is 6.30. The molecule has 1 spiro atoms. The number of fused-ring (bicyclic) bond motifs is 5. The Bertz CT molecular complexity index is 1630. The molecule has 11 nitrogen and oxygen atoms in total. The third-order valence-corrected chi connectivity index (χ3v) is 17.0. The number of nitrogens with one attached hydrogen (secondary N) is 2. The number of urea groups is 1. The highest BCUT2D eigenvalue weighted by molar-refractivity contribution is 8.00. The lowest BCUT2D eigenvalue weighted by Gasteiger charge is -2.63. The van der Waals surface area contributed by atoms with E-state index in [9.17, 15) is 29.7 Å². The van der Waals surface area contributed by atoms with Crippen LogP contribution in [0.5, 0.6) is 0 Å². The van der Waals surface area contributed by atoms with Gasteiger partial charge in [0.2, 0.25) is 0 Å². The first-order valence-corrected chi connectivity index (χ1v) is 20.0. The number of carbonyl (C=O) groups excluding carboxylic acids is 3. The number of amides is 2. The summed E-state index contributed by atoms with van der Waals surface area (Å²) in [5.74, 6) is 0.758. The van der Waals surface area contributed by atoms with E-state index < -0.39 is 51.5 Å². The number of rotatable bonds is 8. The lowest BCUT2D eigenvalue weighted by molar-refractivity contribution is -0.282. The first-order valence-electron chi connectivity index (χ1n) is 18.9. The number of hydrogen-bond acceptors (Lipinski definition) is 10. The third-order valence-electron chi connectivity index (χ3n) is 15.6. The van der Waals surface area contributed by atoms with Gasteiger partial charge >= 0.3 is 12.0 Å². The maximum absolute atomic E-state index is 14.0. The molecule has 6 fully saturated rings. The fourth-order valence-corrected chi connectivity index (χ4v) is 13.6. The zero-order chi connectivity index (χ0) is 36.5. The number of epoxide rings is 1. The lowest BCUT2D eigenvalue weighted by Crippen LogP contribution is -2.73. The standard InChI is InChI=1S/C39H54N2O9S/c1-20-17-28(48-22(3)21(20)2)36(6,45)38(47)16-15-37(46)25-18-29-39(50-29)27(12-11-26(42)35(39,5)24(25)13-14-34(37,38)4)49-30(43)10-8-7-9-23-19-51-32-31(23)40-33(44)41-32/h11-12,23-25,27-29,31-32,45-47H,3,7-10,13-19H2,1-2,4-6H3,(H2,40,41,44)/t23?,24?,25?,27-,28?,29-,31?,32?,34+,35+,36+,37-,38+,39-/m1/s1. The van der Waals surface area contributed by atoms with Gasteiger partial charge in [0.25, 0.3) is 0 Å². The second kappa shape index (κ2) is 11.6. The summed E-state index contributed by atoms with van der Waals surface area (Å²) in [5, 5.41) is 43.9. The summed E-state index contributed by atoms with van der Waals surface area (Å²) in [5.41, 5.74) is -5.91. The number of carbonyl (C=O) groups is 3. The molecule has 12 heteroatoms. The van der Waals surface area contributed by atoms with Crippen molar-refractivity contribution in [2.24, 2.45) is 28.6 Å². The Morgan fingerprint density at radius 2 is 1.90 bits per heavy atom. The molecule has 8 rings (SSSR count). The van der Waals surface area contributed by atoms with Gasteiger partial charge < -0.3 is 40.2 Å². The monoisotopic (exact) mass is 726 g/mol. The van der Waals surface area contributed by atoms with Crippen LogP contribution in [0.4, 0.5) is 4.79 Å². The average Bonchev–Trinajstić information content (AvgIpc) is 3.43. The Kier molecular flexibility index (Phi) is 8.08. The SMILES string of the molecule is C=C1OC([C@](C)(O)[C@]2(O)CC[C@@]3(O)C4C[C@H]5O[C@]56[C@H](OC(=O)CCCCC5CSC7NC(=O)NC57)C=CC(=O)[C@]6(C)C4CC[C@]23C)CC(C)=C1C. The maximum Gasteiger partial charge on any atom is 0.316 e. The Morgan fingerprint density at radius 1 is 1.14 bits per heavy atom. The van der Waals surface area contributed by atoms with Crippen LogP contribution < -0.4 is 10.6 Å². The number of ether oxygens (including phenoxy) is 3. The molecule has 280 valence electrons. The number of esters is 1. The minimum Gasteiger partial charge on any atom is -0.487 e. The van der Waals surface area contributed by atoms with Gasteiger partial charge in [-0.2, -0.15) is 0 Å². The van der Waals surface area contributed by atoms with Crippen molar-refractivity contribution in [3.8, 4) is 0 Å². The van der Waals surface area contributed by atoms with Crippen molar-refractivity contribution >= 4 is 29.5 Å². The summed E-state index contributed by atoms with van der Waals surface area (Å²) in [7, 11) is 0. The second-order valence-electron chi connectivity index (χ2n) is 17.5. The number of thioether (sulfide) groups is 1. The number of ketones is 1. The van der Waals surface area contributed by atoms with Gasteiger partial charge in [-0.25, -0.2) is 4.79 Å². The van der Waals surface area contributed by atoms with E-state index in [-0.39, 0.29) is 60.3 Å². The van der Waals surface area contributed by atoms with Crippen LogP contribution >= 0.6 is 11.8 Å². The number of aliphatic hydroxyl groups is 3. The summed E-state index contributed by atoms with van der Waals surface area (Å²) in [6.45, 7) is 13.4. The van der Waals surface area contributed by atoms with Gasteiger partial charge in [0.15, 0.2) is 11.9 Å². The first kappa shape index (κ1) is 35.6. The van der Waals surface area contributed by atoms with Crippen LogP contribution in [-0.4, -0.2) is 91.0 Å². The number of allylic oxidation sites excluding steroid dienone is 2. The van der Waals surface area contributed by atoms with Crippen LogP contribution in [0.1, 0.15) is 98.8 Å². The molecule has 4 heterocycles. The molecule has 4 aliphatic carbocycles. The summed E-state index contributed by atoms with van der Waals surface area (Å²) >= 11 is 1.76. The van der Waals surface area contributed by atoms with Crippen LogP contribution in [0.2, 0.25) is 0 Å². The predicted molar refractivity (Wildman–Crippen MR) is 189 cm³/mol. The van der Waals surface area contributed by atoms with E-state index in [1.54, 1.807) is 24.8 Å². The van der Waals surface area contributed by atoms with Crippen LogP contribution in [0.25, 0.3) is 0 Å². The fourth-order valence-electron chi connectivity index (χ4n) is 12.1. The van der Waals surface area contributed by atoms with Gasteiger partial charge in [0, 0.05) is 24.0 Å². The molecule has 6 unspecified atom stereocenters. The molecule has 0 aromatic heterocycles. The molecular weight excluding hydrogens is 673 g/mol. The van der Waals surface area contributed by atoms with Crippen molar-refractivity contribution in [3.63, 3.8) is 0 Å². The predicted octanol–water partition coefficient (Wildman–Crippen LogP) is 4.19. The molecule has 2 amide bonds. The summed E-state index contributed by atoms with van der Waals surface area (Å²) in [4.78, 5) is 39.0. The second-order valence-corrected chi connectivity index (χ2v) is 18.7.